The number of piperidine rings is 1. The highest BCUT2D eigenvalue weighted by Gasteiger charge is 2.35. The minimum Gasteiger partial charge on any atom is -0.396 e. The topological polar surface area (TPSA) is 53.4 Å². The molecular weight excluding hydrogens is 284 g/mol. The van der Waals surface area contributed by atoms with Gasteiger partial charge < -0.3 is 10.0 Å². The molecule has 0 saturated carbocycles. The number of aliphatic hydroxyl groups excluding tert-OH is 1. The molecular formula is C16H26N2O2S. The summed E-state index contributed by atoms with van der Waals surface area (Å²) in [4.78, 5) is 20.0. The molecule has 2 rings (SSSR count). The van der Waals surface area contributed by atoms with Gasteiger partial charge in [0.05, 0.1) is 23.7 Å². The number of aromatic nitrogens is 1. The number of rotatable bonds is 5. The van der Waals surface area contributed by atoms with Crippen LogP contribution in [0.1, 0.15) is 48.2 Å². The third-order valence-electron chi connectivity index (χ3n) is 4.44. The Morgan fingerprint density at radius 1 is 1.48 bits per heavy atom. The first-order valence-electron chi connectivity index (χ1n) is 7.81. The van der Waals surface area contributed by atoms with Gasteiger partial charge in [-0.3, -0.25) is 4.79 Å². The Labute approximate surface area is 131 Å². The number of hydrogen-bond donors (Lipinski definition) is 1. The zero-order chi connectivity index (χ0) is 15.5. The molecule has 1 fully saturated rings. The number of amides is 1. The van der Waals surface area contributed by atoms with Gasteiger partial charge >= 0.3 is 0 Å². The maximum atomic E-state index is 12.6. The van der Waals surface area contributed by atoms with Crippen LogP contribution in [-0.2, 0) is 11.2 Å². The van der Waals surface area contributed by atoms with Crippen LogP contribution in [0.15, 0.2) is 0 Å². The van der Waals surface area contributed by atoms with Crippen molar-refractivity contribution in [2.45, 2.75) is 52.9 Å². The molecule has 0 aliphatic carbocycles. The van der Waals surface area contributed by atoms with Gasteiger partial charge in [0.1, 0.15) is 0 Å². The lowest BCUT2D eigenvalue weighted by molar-refractivity contribution is -0.135. The summed E-state index contributed by atoms with van der Waals surface area (Å²) in [7, 11) is 0. The van der Waals surface area contributed by atoms with Gasteiger partial charge in [0.25, 0.3) is 0 Å². The van der Waals surface area contributed by atoms with Gasteiger partial charge in [-0.15, -0.1) is 11.3 Å². The number of aryl methyl sites for hydroxylation is 2. The highest BCUT2D eigenvalue weighted by Crippen LogP contribution is 2.34. The number of carbonyl (C=O) groups is 1. The third kappa shape index (κ3) is 3.83. The lowest BCUT2D eigenvalue weighted by atomic mass is 9.77. The Morgan fingerprint density at radius 3 is 2.81 bits per heavy atom. The summed E-state index contributed by atoms with van der Waals surface area (Å²) in [6.45, 7) is 7.79. The van der Waals surface area contributed by atoms with E-state index in [1.165, 1.54) is 0 Å². The molecule has 0 aromatic carbocycles. The average Bonchev–Trinajstić information content (AvgIpc) is 2.77. The Kier molecular flexibility index (Phi) is 5.38. The van der Waals surface area contributed by atoms with Gasteiger partial charge in [0, 0.05) is 23.4 Å². The highest BCUT2D eigenvalue weighted by atomic mass is 32.1. The molecule has 1 amide bonds. The second-order valence-electron chi connectivity index (χ2n) is 6.25. The second-order valence-corrected chi connectivity index (χ2v) is 7.53. The largest absolute Gasteiger partial charge is 0.396 e. The number of thiazole rings is 1. The summed E-state index contributed by atoms with van der Waals surface area (Å²) < 4.78 is 0. The summed E-state index contributed by atoms with van der Waals surface area (Å²) >= 11 is 1.61. The van der Waals surface area contributed by atoms with Crippen molar-refractivity contribution in [1.29, 1.82) is 0 Å². The molecule has 5 heteroatoms. The van der Waals surface area contributed by atoms with Crippen molar-refractivity contribution < 1.29 is 9.90 Å². The molecule has 1 aliphatic heterocycles. The van der Waals surface area contributed by atoms with Gasteiger partial charge in [-0.2, -0.15) is 0 Å². The van der Waals surface area contributed by atoms with Crippen LogP contribution < -0.4 is 0 Å². The predicted molar refractivity (Wildman–Crippen MR) is 85.5 cm³/mol. The van der Waals surface area contributed by atoms with Gasteiger partial charge in [-0.05, 0) is 33.1 Å². The van der Waals surface area contributed by atoms with E-state index in [1.807, 2.05) is 18.7 Å². The zero-order valence-electron chi connectivity index (χ0n) is 13.3. The van der Waals surface area contributed by atoms with E-state index in [2.05, 4.69) is 11.9 Å². The first kappa shape index (κ1) is 16.4. The van der Waals surface area contributed by atoms with Crippen molar-refractivity contribution >= 4 is 17.2 Å². The summed E-state index contributed by atoms with van der Waals surface area (Å²) in [5, 5.41) is 10.8. The maximum Gasteiger partial charge on any atom is 0.227 e. The predicted octanol–water partition coefficient (Wildman–Crippen LogP) is 2.70. The van der Waals surface area contributed by atoms with E-state index >= 15 is 0 Å². The fourth-order valence-corrected chi connectivity index (χ4v) is 4.28. The van der Waals surface area contributed by atoms with Crippen LogP contribution in [0.2, 0.25) is 0 Å². The van der Waals surface area contributed by atoms with Crippen LogP contribution in [0.3, 0.4) is 0 Å². The number of likely N-dealkylation sites (tertiary alicyclic amines) is 1. The molecule has 2 heterocycles. The monoisotopic (exact) mass is 310 g/mol. The molecule has 0 unspecified atom stereocenters. The van der Waals surface area contributed by atoms with Crippen LogP contribution in [0.5, 0.6) is 0 Å². The molecule has 1 atom stereocenters. The summed E-state index contributed by atoms with van der Waals surface area (Å²) in [5.41, 5.74) is 0.895. The van der Waals surface area contributed by atoms with E-state index in [9.17, 15) is 9.90 Å². The quantitative estimate of drug-likeness (QED) is 0.910. The molecule has 1 saturated heterocycles. The maximum absolute atomic E-state index is 12.6. The fourth-order valence-electron chi connectivity index (χ4n) is 3.35. The number of hydrogen-bond acceptors (Lipinski definition) is 4. The van der Waals surface area contributed by atoms with Gasteiger partial charge in [0.15, 0.2) is 0 Å². The van der Waals surface area contributed by atoms with E-state index in [4.69, 9.17) is 0 Å². The molecule has 1 aromatic rings. The molecule has 1 aromatic heterocycles. The van der Waals surface area contributed by atoms with Gasteiger partial charge in [-0.1, -0.05) is 13.3 Å². The molecule has 1 N–H and O–H groups in total. The van der Waals surface area contributed by atoms with E-state index in [-0.39, 0.29) is 17.9 Å². The minimum absolute atomic E-state index is 0.0820. The zero-order valence-corrected chi connectivity index (χ0v) is 14.1. The first-order valence-corrected chi connectivity index (χ1v) is 8.63. The first-order chi connectivity index (χ1) is 9.99. The van der Waals surface area contributed by atoms with E-state index in [0.29, 0.717) is 13.0 Å². The fraction of sp³-hybridized carbons (Fsp3) is 0.750. The van der Waals surface area contributed by atoms with Gasteiger partial charge in [0.2, 0.25) is 5.91 Å². The van der Waals surface area contributed by atoms with Crippen molar-refractivity contribution in [2.24, 2.45) is 5.41 Å². The van der Waals surface area contributed by atoms with Crippen molar-refractivity contribution in [3.05, 3.63) is 15.6 Å². The molecule has 1 aliphatic rings. The van der Waals surface area contributed by atoms with Gasteiger partial charge in [-0.25, -0.2) is 4.98 Å². The van der Waals surface area contributed by atoms with E-state index in [1.54, 1.807) is 11.3 Å². The summed E-state index contributed by atoms with van der Waals surface area (Å²) in [5.74, 6) is 0.176. The molecule has 4 nitrogen and oxygen atoms in total. The van der Waals surface area contributed by atoms with Crippen molar-refractivity contribution in [1.82, 2.24) is 9.88 Å². The van der Waals surface area contributed by atoms with E-state index in [0.717, 1.165) is 47.8 Å². The molecule has 118 valence electrons. The Balaban J connectivity index is 2.03. The standard InChI is InChI=1S/C16H26N2O2S/c1-4-6-16(11-19)7-5-8-18(10-16)15(20)9-14-12(2)17-13(3)21-14/h19H,4-11H2,1-3H3/t16-/m0/s1. The molecule has 0 bridgehead atoms. The lowest BCUT2D eigenvalue weighted by Gasteiger charge is -2.42. The Hall–Kier alpha value is -0.940. The third-order valence-corrected chi connectivity index (χ3v) is 5.51. The molecule has 0 radical (unpaired) electrons. The highest BCUT2D eigenvalue weighted by molar-refractivity contribution is 7.11. The van der Waals surface area contributed by atoms with Crippen LogP contribution in [-0.4, -0.2) is 40.6 Å². The number of aliphatic hydroxyl groups is 1. The van der Waals surface area contributed by atoms with Crippen molar-refractivity contribution in [3.8, 4) is 0 Å². The minimum atomic E-state index is -0.0820. The SMILES string of the molecule is CCC[C@]1(CO)CCCN(C(=O)Cc2sc(C)nc2C)C1. The Bertz CT molecular complexity index is 496. The second kappa shape index (κ2) is 6.88. The van der Waals surface area contributed by atoms with Crippen molar-refractivity contribution in [3.63, 3.8) is 0 Å². The Morgan fingerprint density at radius 2 is 2.24 bits per heavy atom. The van der Waals surface area contributed by atoms with Crippen LogP contribution in [0.4, 0.5) is 0 Å². The summed E-state index contributed by atoms with van der Waals surface area (Å²) in [6.07, 6.45) is 4.51. The summed E-state index contributed by atoms with van der Waals surface area (Å²) in [6, 6.07) is 0. The number of carbonyl (C=O) groups excluding carboxylic acids is 1. The van der Waals surface area contributed by atoms with Crippen LogP contribution in [0.25, 0.3) is 0 Å². The van der Waals surface area contributed by atoms with Crippen LogP contribution >= 0.6 is 11.3 Å². The van der Waals surface area contributed by atoms with E-state index < -0.39 is 0 Å². The van der Waals surface area contributed by atoms with Crippen molar-refractivity contribution in [2.75, 3.05) is 19.7 Å². The molecule has 0 spiro atoms. The average molecular weight is 310 g/mol. The smallest absolute Gasteiger partial charge is 0.227 e. The molecule has 21 heavy (non-hydrogen) atoms. The lowest BCUT2D eigenvalue weighted by Crippen LogP contribution is -2.48. The number of nitrogens with zero attached hydrogens (tertiary/aromatic N) is 2. The van der Waals surface area contributed by atoms with Crippen LogP contribution in [0, 0.1) is 19.3 Å². The normalized spacial score (nSPS) is 22.6.